The van der Waals surface area contributed by atoms with E-state index in [0.717, 1.165) is 28.2 Å². The zero-order valence-corrected chi connectivity index (χ0v) is 15.5. The molecule has 2 aromatic carbocycles. The Morgan fingerprint density at radius 1 is 0.923 bits per heavy atom. The molecule has 0 atom stereocenters. The quantitative estimate of drug-likeness (QED) is 0.501. The number of hydrogen-bond donors (Lipinski definition) is 0. The fourth-order valence-corrected chi connectivity index (χ4v) is 3.35. The first-order valence-corrected chi connectivity index (χ1v) is 8.93. The van der Waals surface area contributed by atoms with Gasteiger partial charge in [0.1, 0.15) is 11.8 Å². The summed E-state index contributed by atoms with van der Waals surface area (Å²) in [7, 11) is 0. The van der Waals surface area contributed by atoms with E-state index in [-0.39, 0.29) is 0 Å². The maximum Gasteiger partial charge on any atom is 0.181 e. The first-order chi connectivity index (χ1) is 12.6. The summed E-state index contributed by atoms with van der Waals surface area (Å²) in [4.78, 5) is 8.73. The van der Waals surface area contributed by atoms with Crippen LogP contribution < -0.4 is 0 Å². The van der Waals surface area contributed by atoms with Gasteiger partial charge in [-0.15, -0.1) is 0 Å². The van der Waals surface area contributed by atoms with Crippen LogP contribution in [0.4, 0.5) is 0 Å². The molecule has 132 valence electrons. The molecule has 2 aromatic heterocycles. The van der Waals surface area contributed by atoms with Crippen molar-refractivity contribution in [2.45, 2.75) is 39.5 Å². The van der Waals surface area contributed by atoms with Crippen molar-refractivity contribution >= 4 is 11.1 Å². The molecule has 0 saturated carbocycles. The van der Waals surface area contributed by atoms with Crippen LogP contribution >= 0.6 is 0 Å². The lowest BCUT2D eigenvalue weighted by atomic mass is 9.92. The minimum absolute atomic E-state index is 0.387. The average Bonchev–Trinajstić information content (AvgIpc) is 3.29. The summed E-state index contributed by atoms with van der Waals surface area (Å²) in [5.74, 6) is 1.58. The van der Waals surface area contributed by atoms with Crippen molar-refractivity contribution in [1.82, 2.24) is 19.7 Å². The number of fused-ring (bicyclic) bond motifs is 1. The molecule has 26 heavy (non-hydrogen) atoms. The lowest BCUT2D eigenvalue weighted by molar-refractivity contribution is 0.602. The van der Waals surface area contributed by atoms with Crippen molar-refractivity contribution in [3.63, 3.8) is 0 Å². The van der Waals surface area contributed by atoms with E-state index < -0.39 is 0 Å². The number of aromatic nitrogens is 4. The largest absolute Gasteiger partial charge is 0.443 e. The topological polar surface area (TPSA) is 56.7 Å². The number of rotatable bonds is 4. The van der Waals surface area contributed by atoms with E-state index >= 15 is 0 Å². The Bertz CT molecular complexity index is 1030. The van der Waals surface area contributed by atoms with Crippen LogP contribution in [0.15, 0.2) is 53.5 Å². The van der Waals surface area contributed by atoms with Gasteiger partial charge in [0.15, 0.2) is 17.8 Å². The predicted octanol–water partition coefficient (Wildman–Crippen LogP) is 5.32. The Morgan fingerprint density at radius 2 is 1.65 bits per heavy atom. The molecule has 4 rings (SSSR count). The Hall–Kier alpha value is -2.95. The Balaban J connectivity index is 1.95. The molecule has 0 saturated heterocycles. The fraction of sp³-hybridized carbons (Fsp3) is 0.286. The number of para-hydroxylation sites is 1. The Labute approximate surface area is 152 Å². The van der Waals surface area contributed by atoms with E-state index in [4.69, 9.17) is 4.42 Å². The minimum Gasteiger partial charge on any atom is -0.443 e. The maximum absolute atomic E-state index is 5.46. The molecular formula is C21H22N4O. The molecule has 0 radical (unpaired) electrons. The van der Waals surface area contributed by atoms with Crippen molar-refractivity contribution in [3.8, 4) is 17.1 Å². The molecule has 0 N–H and O–H groups in total. The zero-order valence-electron chi connectivity index (χ0n) is 15.5. The molecule has 0 bridgehead atoms. The molecule has 0 aliphatic rings. The number of nitrogens with zero attached hydrogens (tertiary/aromatic N) is 4. The molecule has 2 heterocycles. The monoisotopic (exact) mass is 346 g/mol. The van der Waals surface area contributed by atoms with E-state index in [1.165, 1.54) is 17.5 Å². The first kappa shape index (κ1) is 16.5. The van der Waals surface area contributed by atoms with Gasteiger partial charge in [-0.3, -0.25) is 0 Å². The van der Waals surface area contributed by atoms with Crippen LogP contribution in [0.25, 0.3) is 28.2 Å². The van der Waals surface area contributed by atoms with Crippen LogP contribution in [0.3, 0.4) is 0 Å². The van der Waals surface area contributed by atoms with Crippen LogP contribution in [0.2, 0.25) is 0 Å². The van der Waals surface area contributed by atoms with Crippen LogP contribution in [0.1, 0.15) is 50.7 Å². The SMILES string of the molecule is CC(C)c1cccc(C(C)C)c1-n1ncnc1-c1ccc2ncoc2c1. The molecule has 0 aliphatic carbocycles. The summed E-state index contributed by atoms with van der Waals surface area (Å²) in [6.45, 7) is 8.83. The van der Waals surface area contributed by atoms with Gasteiger partial charge in [-0.2, -0.15) is 5.10 Å². The van der Waals surface area contributed by atoms with Gasteiger partial charge in [0.05, 0.1) is 5.69 Å². The average molecular weight is 346 g/mol. The van der Waals surface area contributed by atoms with Crippen molar-refractivity contribution < 1.29 is 4.42 Å². The number of benzene rings is 2. The summed E-state index contributed by atoms with van der Waals surface area (Å²) in [5.41, 5.74) is 6.21. The lowest BCUT2D eigenvalue weighted by Crippen LogP contribution is -2.09. The van der Waals surface area contributed by atoms with Gasteiger partial charge >= 0.3 is 0 Å². The third kappa shape index (κ3) is 2.69. The molecule has 5 nitrogen and oxygen atoms in total. The van der Waals surface area contributed by atoms with E-state index in [0.29, 0.717) is 11.8 Å². The Kier molecular flexibility index (Phi) is 4.07. The van der Waals surface area contributed by atoms with Crippen molar-refractivity contribution in [2.75, 3.05) is 0 Å². The van der Waals surface area contributed by atoms with Crippen molar-refractivity contribution in [1.29, 1.82) is 0 Å². The summed E-state index contributed by atoms with van der Waals surface area (Å²) in [6, 6.07) is 12.4. The molecule has 0 fully saturated rings. The second-order valence-electron chi connectivity index (χ2n) is 7.12. The van der Waals surface area contributed by atoms with Gasteiger partial charge < -0.3 is 4.42 Å². The summed E-state index contributed by atoms with van der Waals surface area (Å²) in [6.07, 6.45) is 3.07. The van der Waals surface area contributed by atoms with E-state index in [1.807, 2.05) is 22.9 Å². The molecule has 0 aliphatic heterocycles. The van der Waals surface area contributed by atoms with Gasteiger partial charge in [-0.25, -0.2) is 14.6 Å². The van der Waals surface area contributed by atoms with Crippen LogP contribution in [0, 0.1) is 0 Å². The molecule has 0 spiro atoms. The lowest BCUT2D eigenvalue weighted by Gasteiger charge is -2.20. The molecule has 0 amide bonds. The summed E-state index contributed by atoms with van der Waals surface area (Å²) >= 11 is 0. The van der Waals surface area contributed by atoms with Gasteiger partial charge in [0.25, 0.3) is 0 Å². The van der Waals surface area contributed by atoms with E-state index in [2.05, 4.69) is 61.0 Å². The van der Waals surface area contributed by atoms with Gasteiger partial charge in [-0.05, 0) is 41.2 Å². The van der Waals surface area contributed by atoms with Crippen LogP contribution in [-0.2, 0) is 0 Å². The van der Waals surface area contributed by atoms with Crippen LogP contribution in [-0.4, -0.2) is 19.7 Å². The van der Waals surface area contributed by atoms with Gasteiger partial charge in [0, 0.05) is 5.56 Å². The highest BCUT2D eigenvalue weighted by Crippen LogP contribution is 2.33. The first-order valence-electron chi connectivity index (χ1n) is 8.93. The fourth-order valence-electron chi connectivity index (χ4n) is 3.35. The molecule has 4 aromatic rings. The number of oxazole rings is 1. The van der Waals surface area contributed by atoms with Gasteiger partial charge in [0.2, 0.25) is 0 Å². The second kappa shape index (κ2) is 6.41. The second-order valence-corrected chi connectivity index (χ2v) is 7.12. The molecular weight excluding hydrogens is 324 g/mol. The highest BCUT2D eigenvalue weighted by atomic mass is 16.3. The molecule has 0 unspecified atom stereocenters. The van der Waals surface area contributed by atoms with E-state index in [9.17, 15) is 0 Å². The highest BCUT2D eigenvalue weighted by molar-refractivity contribution is 5.78. The maximum atomic E-state index is 5.46. The summed E-state index contributed by atoms with van der Waals surface area (Å²) in [5, 5.41) is 4.58. The van der Waals surface area contributed by atoms with Crippen LogP contribution in [0.5, 0.6) is 0 Å². The van der Waals surface area contributed by atoms with E-state index in [1.54, 1.807) is 6.33 Å². The predicted molar refractivity (Wildman–Crippen MR) is 103 cm³/mol. The van der Waals surface area contributed by atoms with Crippen molar-refractivity contribution in [3.05, 3.63) is 60.2 Å². The van der Waals surface area contributed by atoms with Crippen molar-refractivity contribution in [2.24, 2.45) is 0 Å². The van der Waals surface area contributed by atoms with Gasteiger partial charge in [-0.1, -0.05) is 45.9 Å². The number of hydrogen-bond acceptors (Lipinski definition) is 4. The third-order valence-corrected chi connectivity index (χ3v) is 4.69. The standard InChI is InChI=1S/C21H22N4O/c1-13(2)16-6-5-7-17(14(3)4)20(16)25-21(22-11-24-25)15-8-9-18-19(10-15)26-12-23-18/h5-14H,1-4H3. The normalized spacial score (nSPS) is 11.8. The zero-order chi connectivity index (χ0) is 18.3. The Morgan fingerprint density at radius 3 is 2.35 bits per heavy atom. The smallest absolute Gasteiger partial charge is 0.181 e. The summed E-state index contributed by atoms with van der Waals surface area (Å²) < 4.78 is 7.42. The highest BCUT2D eigenvalue weighted by Gasteiger charge is 2.20. The molecule has 5 heteroatoms. The third-order valence-electron chi connectivity index (χ3n) is 4.69. The minimum atomic E-state index is 0.387.